The Morgan fingerprint density at radius 3 is 2.90 bits per heavy atom. The number of rotatable bonds is 6. The van der Waals surface area contributed by atoms with Gasteiger partial charge in [0.25, 0.3) is 0 Å². The maximum atomic E-state index is 11.8. The minimum absolute atomic E-state index is 0.0653. The average Bonchev–Trinajstić information content (AvgIpc) is 2.85. The highest BCUT2D eigenvalue weighted by molar-refractivity contribution is 9.10. The van der Waals surface area contributed by atoms with Gasteiger partial charge in [-0.1, -0.05) is 41.9 Å². The SMILES string of the molecule is CC(C)C(Br)C(=O)NCCCn1cnc2ccccc21. The number of halogens is 1. The zero-order valence-corrected chi connectivity index (χ0v) is 13.4. The van der Waals surface area contributed by atoms with E-state index in [1.807, 2.05) is 38.4 Å². The van der Waals surface area contributed by atoms with E-state index < -0.39 is 0 Å². The molecule has 1 amide bonds. The quantitative estimate of drug-likeness (QED) is 0.650. The van der Waals surface area contributed by atoms with Gasteiger partial charge in [0.2, 0.25) is 5.91 Å². The van der Waals surface area contributed by atoms with Crippen LogP contribution in [-0.2, 0) is 11.3 Å². The summed E-state index contributed by atoms with van der Waals surface area (Å²) < 4.78 is 2.12. The van der Waals surface area contributed by atoms with Gasteiger partial charge in [-0.05, 0) is 24.5 Å². The van der Waals surface area contributed by atoms with Crippen LogP contribution in [-0.4, -0.2) is 26.8 Å². The van der Waals surface area contributed by atoms with Gasteiger partial charge in [0.15, 0.2) is 0 Å². The van der Waals surface area contributed by atoms with Crippen LogP contribution in [0.1, 0.15) is 20.3 Å². The fourth-order valence-electron chi connectivity index (χ4n) is 2.05. The Morgan fingerprint density at radius 2 is 2.15 bits per heavy atom. The van der Waals surface area contributed by atoms with E-state index in [4.69, 9.17) is 0 Å². The number of alkyl halides is 1. The van der Waals surface area contributed by atoms with E-state index in [2.05, 4.69) is 36.9 Å². The van der Waals surface area contributed by atoms with Gasteiger partial charge in [0.05, 0.1) is 22.2 Å². The predicted molar refractivity (Wildman–Crippen MR) is 84.9 cm³/mol. The summed E-state index contributed by atoms with van der Waals surface area (Å²) in [5.74, 6) is 0.364. The lowest BCUT2D eigenvalue weighted by Gasteiger charge is -2.13. The number of nitrogens with one attached hydrogen (secondary N) is 1. The number of nitrogens with zero attached hydrogens (tertiary/aromatic N) is 2. The first kappa shape index (κ1) is 15.0. The molecule has 1 unspecified atom stereocenters. The van der Waals surface area contributed by atoms with E-state index in [0.717, 1.165) is 24.0 Å². The largest absolute Gasteiger partial charge is 0.355 e. The topological polar surface area (TPSA) is 46.9 Å². The van der Waals surface area contributed by atoms with Crippen LogP contribution in [0.25, 0.3) is 11.0 Å². The van der Waals surface area contributed by atoms with Crippen molar-refractivity contribution in [3.05, 3.63) is 30.6 Å². The highest BCUT2D eigenvalue weighted by Gasteiger charge is 2.17. The third kappa shape index (κ3) is 3.60. The van der Waals surface area contributed by atoms with E-state index >= 15 is 0 Å². The average molecular weight is 338 g/mol. The summed E-state index contributed by atoms with van der Waals surface area (Å²) in [4.78, 5) is 16.0. The van der Waals surface area contributed by atoms with Crippen LogP contribution in [0, 0.1) is 5.92 Å². The maximum absolute atomic E-state index is 11.8. The molecule has 0 fully saturated rings. The molecular formula is C15H20BrN3O. The van der Waals surface area contributed by atoms with Gasteiger partial charge in [0, 0.05) is 13.1 Å². The van der Waals surface area contributed by atoms with E-state index in [0.29, 0.717) is 12.5 Å². The van der Waals surface area contributed by atoms with Gasteiger partial charge in [-0.2, -0.15) is 0 Å². The second-order valence-electron chi connectivity index (χ2n) is 5.22. The van der Waals surface area contributed by atoms with E-state index in [-0.39, 0.29) is 10.7 Å². The van der Waals surface area contributed by atoms with Crippen molar-refractivity contribution in [2.24, 2.45) is 5.92 Å². The minimum Gasteiger partial charge on any atom is -0.355 e. The van der Waals surface area contributed by atoms with E-state index in [1.54, 1.807) is 0 Å². The number of aromatic nitrogens is 2. The monoisotopic (exact) mass is 337 g/mol. The number of imidazole rings is 1. The third-order valence-corrected chi connectivity index (χ3v) is 4.71. The van der Waals surface area contributed by atoms with Crippen LogP contribution < -0.4 is 5.32 Å². The van der Waals surface area contributed by atoms with Crippen molar-refractivity contribution in [1.29, 1.82) is 0 Å². The Balaban J connectivity index is 1.80. The summed E-state index contributed by atoms with van der Waals surface area (Å²) in [5, 5.41) is 2.95. The van der Waals surface area contributed by atoms with Crippen molar-refractivity contribution in [2.45, 2.75) is 31.6 Å². The van der Waals surface area contributed by atoms with Crippen molar-refractivity contribution in [3.8, 4) is 0 Å². The Morgan fingerprint density at radius 1 is 1.40 bits per heavy atom. The van der Waals surface area contributed by atoms with Gasteiger partial charge >= 0.3 is 0 Å². The number of carbonyl (C=O) groups excluding carboxylic acids is 1. The molecule has 0 aliphatic carbocycles. The molecular weight excluding hydrogens is 318 g/mol. The molecule has 0 bridgehead atoms. The number of fused-ring (bicyclic) bond motifs is 1. The zero-order chi connectivity index (χ0) is 14.5. The molecule has 1 aromatic carbocycles. The Bertz CT molecular complexity index is 579. The summed E-state index contributed by atoms with van der Waals surface area (Å²) in [6.45, 7) is 5.59. The fraction of sp³-hybridized carbons (Fsp3) is 0.467. The number of carbonyl (C=O) groups is 1. The molecule has 2 aromatic rings. The van der Waals surface area contributed by atoms with Crippen molar-refractivity contribution in [2.75, 3.05) is 6.54 Å². The van der Waals surface area contributed by atoms with Gasteiger partial charge < -0.3 is 9.88 Å². The zero-order valence-electron chi connectivity index (χ0n) is 11.8. The molecule has 0 aliphatic heterocycles. The van der Waals surface area contributed by atoms with E-state index in [9.17, 15) is 4.79 Å². The second-order valence-corrected chi connectivity index (χ2v) is 6.20. The number of benzene rings is 1. The van der Waals surface area contributed by atoms with Gasteiger partial charge in [-0.15, -0.1) is 0 Å². The molecule has 1 heterocycles. The molecule has 20 heavy (non-hydrogen) atoms. The Hall–Kier alpha value is -1.36. The summed E-state index contributed by atoms with van der Waals surface area (Å²) >= 11 is 3.40. The summed E-state index contributed by atoms with van der Waals surface area (Å²) in [5.41, 5.74) is 2.15. The lowest BCUT2D eigenvalue weighted by molar-refractivity contribution is -0.121. The molecule has 108 valence electrons. The van der Waals surface area contributed by atoms with Gasteiger partial charge in [0.1, 0.15) is 0 Å². The molecule has 4 nitrogen and oxygen atoms in total. The van der Waals surface area contributed by atoms with E-state index in [1.165, 1.54) is 0 Å². The number of aryl methyl sites for hydroxylation is 1. The Labute approximate surface area is 127 Å². The summed E-state index contributed by atoms with van der Waals surface area (Å²) in [6.07, 6.45) is 2.75. The molecule has 2 rings (SSSR count). The smallest absolute Gasteiger partial charge is 0.234 e. The van der Waals surface area contributed by atoms with Crippen LogP contribution in [0.4, 0.5) is 0 Å². The first-order valence-electron chi connectivity index (χ1n) is 6.91. The van der Waals surface area contributed by atoms with Crippen LogP contribution in [0.2, 0.25) is 0 Å². The molecule has 1 aromatic heterocycles. The molecule has 0 spiro atoms. The van der Waals surface area contributed by atoms with Gasteiger partial charge in [-0.3, -0.25) is 4.79 Å². The molecule has 0 saturated carbocycles. The number of hydrogen-bond acceptors (Lipinski definition) is 2. The molecule has 0 radical (unpaired) electrons. The lowest BCUT2D eigenvalue weighted by Crippen LogP contribution is -2.34. The molecule has 1 atom stereocenters. The number of para-hydroxylation sites is 2. The third-order valence-electron chi connectivity index (χ3n) is 3.24. The molecule has 1 N–H and O–H groups in total. The van der Waals surface area contributed by atoms with Crippen molar-refractivity contribution in [1.82, 2.24) is 14.9 Å². The standard InChI is InChI=1S/C15H20BrN3O/c1-11(2)14(16)15(20)17-8-5-9-19-10-18-12-6-3-4-7-13(12)19/h3-4,6-7,10-11,14H,5,8-9H2,1-2H3,(H,17,20). The summed E-state index contributed by atoms with van der Waals surface area (Å²) in [7, 11) is 0. The highest BCUT2D eigenvalue weighted by Crippen LogP contribution is 2.13. The fourth-order valence-corrected chi connectivity index (χ4v) is 2.21. The summed E-state index contributed by atoms with van der Waals surface area (Å²) in [6, 6.07) is 8.07. The first-order chi connectivity index (χ1) is 9.59. The normalized spacial score (nSPS) is 12.8. The Kier molecular flexibility index (Phi) is 5.17. The molecule has 0 saturated heterocycles. The van der Waals surface area contributed by atoms with Crippen molar-refractivity contribution < 1.29 is 4.79 Å². The van der Waals surface area contributed by atoms with Crippen molar-refractivity contribution >= 4 is 32.9 Å². The molecule has 5 heteroatoms. The van der Waals surface area contributed by atoms with Gasteiger partial charge in [-0.25, -0.2) is 4.98 Å². The van der Waals surface area contributed by atoms with Crippen LogP contribution in [0.15, 0.2) is 30.6 Å². The van der Waals surface area contributed by atoms with Crippen LogP contribution in [0.3, 0.4) is 0 Å². The lowest BCUT2D eigenvalue weighted by atomic mass is 10.1. The maximum Gasteiger partial charge on any atom is 0.234 e. The number of amides is 1. The first-order valence-corrected chi connectivity index (χ1v) is 7.83. The number of hydrogen-bond donors (Lipinski definition) is 1. The van der Waals surface area contributed by atoms with Crippen molar-refractivity contribution in [3.63, 3.8) is 0 Å². The van der Waals surface area contributed by atoms with Crippen LogP contribution in [0.5, 0.6) is 0 Å². The second kappa shape index (κ2) is 6.88. The highest BCUT2D eigenvalue weighted by atomic mass is 79.9. The van der Waals surface area contributed by atoms with Crippen LogP contribution >= 0.6 is 15.9 Å². The predicted octanol–water partition coefficient (Wildman–Crippen LogP) is 2.96. The minimum atomic E-state index is -0.114. The molecule has 0 aliphatic rings.